The van der Waals surface area contributed by atoms with Gasteiger partial charge >= 0.3 is 17.9 Å². The molecular formula is C33H26O7. The van der Waals surface area contributed by atoms with Gasteiger partial charge in [-0.3, -0.25) is 0 Å². The third-order valence-electron chi connectivity index (χ3n) is 6.17. The maximum atomic E-state index is 12.2. The summed E-state index contributed by atoms with van der Waals surface area (Å²) in [7, 11) is 0. The Kier molecular flexibility index (Phi) is 8.56. The lowest BCUT2D eigenvalue weighted by Crippen LogP contribution is -2.10. The van der Waals surface area contributed by atoms with Crippen LogP contribution in [-0.4, -0.2) is 33.2 Å². The zero-order valence-electron chi connectivity index (χ0n) is 21.6. The number of aryl methyl sites for hydroxylation is 1. The number of esters is 1. The van der Waals surface area contributed by atoms with Crippen LogP contribution in [-0.2, 0) is 6.42 Å². The molecule has 0 radical (unpaired) electrons. The van der Waals surface area contributed by atoms with Crippen LogP contribution in [0.25, 0.3) is 10.8 Å². The van der Waals surface area contributed by atoms with Crippen molar-refractivity contribution in [3.8, 4) is 11.5 Å². The van der Waals surface area contributed by atoms with Gasteiger partial charge in [-0.15, -0.1) is 0 Å². The third-order valence-corrected chi connectivity index (χ3v) is 6.17. The molecule has 0 saturated heterocycles. The van der Waals surface area contributed by atoms with E-state index < -0.39 is 17.9 Å². The molecule has 40 heavy (non-hydrogen) atoms. The highest BCUT2D eigenvalue weighted by Crippen LogP contribution is 2.28. The first-order valence-electron chi connectivity index (χ1n) is 12.4. The van der Waals surface area contributed by atoms with E-state index in [1.54, 1.807) is 48.5 Å². The van der Waals surface area contributed by atoms with Gasteiger partial charge in [0.2, 0.25) is 0 Å². The van der Waals surface area contributed by atoms with Crippen LogP contribution in [0.4, 0.5) is 0 Å². The van der Waals surface area contributed by atoms with E-state index in [9.17, 15) is 24.6 Å². The van der Waals surface area contributed by atoms with Gasteiger partial charge in [0.05, 0.1) is 11.1 Å². The van der Waals surface area contributed by atoms with Crippen molar-refractivity contribution >= 4 is 28.7 Å². The summed E-state index contributed by atoms with van der Waals surface area (Å²) in [6.07, 6.45) is 0.443. The molecule has 5 aromatic rings. The number of phenols is 1. The predicted octanol–water partition coefficient (Wildman–Crippen LogP) is 6.75. The molecule has 5 rings (SSSR count). The second-order valence-electron chi connectivity index (χ2n) is 9.03. The number of fused-ring (bicyclic) bond motifs is 1. The van der Waals surface area contributed by atoms with Crippen molar-refractivity contribution in [3.05, 3.63) is 143 Å². The smallest absolute Gasteiger partial charge is 0.343 e. The summed E-state index contributed by atoms with van der Waals surface area (Å²) in [5.41, 5.74) is 3.30. The number of aromatic hydroxyl groups is 1. The minimum Gasteiger partial charge on any atom is -0.506 e. The molecule has 0 unspecified atom stereocenters. The van der Waals surface area contributed by atoms with E-state index in [1.807, 2.05) is 49.4 Å². The molecule has 0 aromatic heterocycles. The number of carbonyl (C=O) groups excluding carboxylic acids is 1. The molecule has 5 aromatic carbocycles. The van der Waals surface area contributed by atoms with E-state index in [4.69, 9.17) is 9.84 Å². The number of hydrogen-bond donors (Lipinski definition) is 3. The van der Waals surface area contributed by atoms with Crippen molar-refractivity contribution in [1.82, 2.24) is 0 Å². The topological polar surface area (TPSA) is 121 Å². The van der Waals surface area contributed by atoms with Gasteiger partial charge < -0.3 is 20.1 Å². The molecule has 0 bridgehead atoms. The van der Waals surface area contributed by atoms with E-state index in [0.717, 1.165) is 16.5 Å². The second-order valence-corrected chi connectivity index (χ2v) is 9.03. The van der Waals surface area contributed by atoms with Crippen LogP contribution < -0.4 is 4.74 Å². The van der Waals surface area contributed by atoms with Gasteiger partial charge in [0.1, 0.15) is 17.1 Å². The SMILES string of the molecule is Cc1ccc(Cc2cc(OC(=O)c3ccccc3)ccc2C(=O)O)cc1.O=C(O)c1ccc2ccccc2c1O. The van der Waals surface area contributed by atoms with Crippen LogP contribution in [0.3, 0.4) is 0 Å². The lowest BCUT2D eigenvalue weighted by Gasteiger charge is -2.10. The molecule has 0 heterocycles. The molecular weight excluding hydrogens is 508 g/mol. The van der Waals surface area contributed by atoms with Crippen LogP contribution in [0.1, 0.15) is 47.8 Å². The van der Waals surface area contributed by atoms with Crippen molar-refractivity contribution in [2.75, 3.05) is 0 Å². The van der Waals surface area contributed by atoms with Gasteiger partial charge in [0.15, 0.2) is 0 Å². The number of rotatable bonds is 6. The van der Waals surface area contributed by atoms with E-state index in [1.165, 1.54) is 18.2 Å². The summed E-state index contributed by atoms with van der Waals surface area (Å²) in [5.74, 6) is -2.45. The number of carboxylic acids is 2. The summed E-state index contributed by atoms with van der Waals surface area (Å²) in [4.78, 5) is 34.4. The van der Waals surface area contributed by atoms with Gasteiger partial charge in [0, 0.05) is 5.39 Å². The quantitative estimate of drug-likeness (QED) is 0.163. The van der Waals surface area contributed by atoms with Crippen molar-refractivity contribution in [1.29, 1.82) is 0 Å². The molecule has 7 nitrogen and oxygen atoms in total. The minimum atomic E-state index is -1.12. The summed E-state index contributed by atoms with van der Waals surface area (Å²) in [6.45, 7) is 2.00. The molecule has 0 aliphatic heterocycles. The first-order chi connectivity index (χ1) is 19.2. The minimum absolute atomic E-state index is 0.0660. The maximum Gasteiger partial charge on any atom is 0.343 e. The zero-order valence-corrected chi connectivity index (χ0v) is 21.6. The van der Waals surface area contributed by atoms with E-state index in [0.29, 0.717) is 28.7 Å². The van der Waals surface area contributed by atoms with E-state index >= 15 is 0 Å². The average molecular weight is 535 g/mol. The van der Waals surface area contributed by atoms with Crippen LogP contribution >= 0.6 is 0 Å². The lowest BCUT2D eigenvalue weighted by atomic mass is 9.99. The highest BCUT2D eigenvalue weighted by Gasteiger charge is 2.15. The standard InChI is InChI=1S/C22H18O4.C11H8O3/c1-15-7-9-16(10-8-15)13-18-14-19(11-12-20(18)21(23)24)26-22(25)17-5-3-2-4-6-17;12-10-8-4-2-1-3-7(8)5-6-9(10)11(13)14/h2-12,14H,13H2,1H3,(H,23,24);1-6,12H,(H,13,14). The fourth-order valence-corrected chi connectivity index (χ4v) is 4.08. The summed E-state index contributed by atoms with van der Waals surface area (Å²) >= 11 is 0. The molecule has 0 aliphatic carbocycles. The van der Waals surface area contributed by atoms with Crippen LogP contribution in [0.15, 0.2) is 109 Å². The summed E-state index contributed by atoms with van der Waals surface area (Å²) in [6, 6.07) is 31.3. The molecule has 0 fully saturated rings. The van der Waals surface area contributed by atoms with Crippen LogP contribution in [0.2, 0.25) is 0 Å². The first kappa shape index (κ1) is 27.6. The Labute approximate surface area is 230 Å². The molecule has 200 valence electrons. The number of carboxylic acid groups (broad SMARTS) is 2. The summed E-state index contributed by atoms with van der Waals surface area (Å²) < 4.78 is 5.40. The monoisotopic (exact) mass is 534 g/mol. The number of aromatic carboxylic acids is 2. The molecule has 0 spiro atoms. The predicted molar refractivity (Wildman–Crippen MR) is 151 cm³/mol. The Bertz CT molecular complexity index is 1670. The Hall–Kier alpha value is -5.43. The molecule has 0 aliphatic rings. The maximum absolute atomic E-state index is 12.2. The Morgan fingerprint density at radius 1 is 0.700 bits per heavy atom. The number of ether oxygens (including phenoxy) is 1. The third kappa shape index (κ3) is 6.71. The van der Waals surface area contributed by atoms with Gasteiger partial charge in [0.25, 0.3) is 0 Å². The van der Waals surface area contributed by atoms with Crippen molar-refractivity contribution in [2.45, 2.75) is 13.3 Å². The lowest BCUT2D eigenvalue weighted by molar-refractivity contribution is 0.0683. The van der Waals surface area contributed by atoms with Crippen LogP contribution in [0, 0.1) is 6.92 Å². The molecule has 3 N–H and O–H groups in total. The van der Waals surface area contributed by atoms with E-state index in [-0.39, 0.29) is 16.9 Å². The molecule has 0 saturated carbocycles. The molecule has 7 heteroatoms. The average Bonchev–Trinajstić information content (AvgIpc) is 2.95. The number of hydrogen-bond acceptors (Lipinski definition) is 5. The number of carbonyl (C=O) groups is 3. The van der Waals surface area contributed by atoms with Crippen molar-refractivity contribution in [3.63, 3.8) is 0 Å². The highest BCUT2D eigenvalue weighted by atomic mass is 16.5. The van der Waals surface area contributed by atoms with Gasteiger partial charge in [-0.25, -0.2) is 14.4 Å². The molecule has 0 amide bonds. The van der Waals surface area contributed by atoms with E-state index in [2.05, 4.69) is 0 Å². The fourth-order valence-electron chi connectivity index (χ4n) is 4.08. The summed E-state index contributed by atoms with van der Waals surface area (Å²) in [5, 5.41) is 29.2. The first-order valence-corrected chi connectivity index (χ1v) is 12.4. The zero-order chi connectivity index (χ0) is 28.6. The number of benzene rings is 5. The van der Waals surface area contributed by atoms with Gasteiger partial charge in [-0.05, 0) is 66.3 Å². The largest absolute Gasteiger partial charge is 0.506 e. The van der Waals surface area contributed by atoms with Crippen molar-refractivity contribution < 1.29 is 34.4 Å². The van der Waals surface area contributed by atoms with Gasteiger partial charge in [-0.1, -0.05) is 78.4 Å². The highest BCUT2D eigenvalue weighted by molar-refractivity contribution is 6.00. The normalized spacial score (nSPS) is 10.3. The van der Waals surface area contributed by atoms with Crippen molar-refractivity contribution in [2.24, 2.45) is 0 Å². The Morgan fingerprint density at radius 3 is 2.00 bits per heavy atom. The van der Waals surface area contributed by atoms with Gasteiger partial charge in [-0.2, -0.15) is 0 Å². The second kappa shape index (κ2) is 12.4. The Balaban J connectivity index is 0.000000222. The Morgan fingerprint density at radius 2 is 1.32 bits per heavy atom. The fraction of sp³-hybridized carbons (Fsp3) is 0.0606. The molecule has 0 atom stereocenters. The van der Waals surface area contributed by atoms with Crippen LogP contribution in [0.5, 0.6) is 11.5 Å².